The molecule has 0 bridgehead atoms. The number of likely N-dealkylation sites (tertiary alicyclic amines) is 1. The smallest absolute Gasteiger partial charge is 0.126 e. The van der Waals surface area contributed by atoms with E-state index in [4.69, 9.17) is 21.9 Å². The first-order chi connectivity index (χ1) is 13.1. The molecule has 1 aliphatic rings. The Morgan fingerprint density at radius 1 is 1.19 bits per heavy atom. The Labute approximate surface area is 165 Å². The molecule has 1 fully saturated rings. The number of hydrogen-bond acceptors (Lipinski definition) is 3. The van der Waals surface area contributed by atoms with Crippen molar-refractivity contribution in [2.24, 2.45) is 11.0 Å². The van der Waals surface area contributed by atoms with Crippen LogP contribution in [-0.2, 0) is 6.54 Å². The minimum atomic E-state index is 0.511. The lowest BCUT2D eigenvalue weighted by molar-refractivity contribution is 0.180. The summed E-state index contributed by atoms with van der Waals surface area (Å²) in [5, 5.41) is 4.45. The Bertz CT molecular complexity index is 840. The molecular weight excluding hydrogens is 360 g/mol. The van der Waals surface area contributed by atoms with Gasteiger partial charge >= 0.3 is 0 Å². The van der Waals surface area contributed by atoms with Gasteiger partial charge in [0.15, 0.2) is 0 Å². The van der Waals surface area contributed by atoms with Crippen molar-refractivity contribution in [1.29, 1.82) is 0 Å². The molecule has 0 spiro atoms. The van der Waals surface area contributed by atoms with E-state index in [1.165, 1.54) is 11.1 Å². The highest BCUT2D eigenvalue weighted by atomic mass is 35.5. The molecule has 0 saturated carbocycles. The van der Waals surface area contributed by atoms with Crippen LogP contribution in [-0.4, -0.2) is 31.6 Å². The summed E-state index contributed by atoms with van der Waals surface area (Å²) in [7, 11) is 1.68. The SMILES string of the molecule is COc1ccc(C)cc1-c1ccc(CN2CCC(CN=[N+]=[N-])CC2)cc1Cl. The van der Waals surface area contributed by atoms with E-state index < -0.39 is 0 Å². The summed E-state index contributed by atoms with van der Waals surface area (Å²) in [6.45, 7) is 5.62. The fourth-order valence-electron chi connectivity index (χ4n) is 3.65. The zero-order valence-corrected chi connectivity index (χ0v) is 16.6. The van der Waals surface area contributed by atoms with Gasteiger partial charge in [0.05, 0.1) is 7.11 Å². The number of halogens is 1. The van der Waals surface area contributed by atoms with Gasteiger partial charge in [0.2, 0.25) is 0 Å². The van der Waals surface area contributed by atoms with Crippen LogP contribution in [0.4, 0.5) is 0 Å². The molecule has 2 aromatic carbocycles. The summed E-state index contributed by atoms with van der Waals surface area (Å²) in [6.07, 6.45) is 2.15. The Balaban J connectivity index is 1.69. The molecule has 1 saturated heterocycles. The molecule has 0 unspecified atom stereocenters. The number of ether oxygens (including phenoxy) is 1. The first-order valence-corrected chi connectivity index (χ1v) is 9.65. The number of aryl methyl sites for hydroxylation is 1. The van der Waals surface area contributed by atoms with Gasteiger partial charge in [-0.1, -0.05) is 40.5 Å². The first kappa shape index (κ1) is 19.6. The lowest BCUT2D eigenvalue weighted by Crippen LogP contribution is -2.34. The predicted molar refractivity (Wildman–Crippen MR) is 110 cm³/mol. The van der Waals surface area contributed by atoms with E-state index in [9.17, 15) is 0 Å². The van der Waals surface area contributed by atoms with Crippen molar-refractivity contribution in [2.45, 2.75) is 26.3 Å². The zero-order valence-electron chi connectivity index (χ0n) is 15.9. The van der Waals surface area contributed by atoms with Crippen LogP contribution in [0.1, 0.15) is 24.0 Å². The summed E-state index contributed by atoms with van der Waals surface area (Å²) in [6, 6.07) is 12.4. The summed E-state index contributed by atoms with van der Waals surface area (Å²) in [5.41, 5.74) is 12.9. The van der Waals surface area contributed by atoms with Gasteiger partial charge in [-0.2, -0.15) is 0 Å². The Hall–Kier alpha value is -2.20. The van der Waals surface area contributed by atoms with Gasteiger partial charge < -0.3 is 4.74 Å². The van der Waals surface area contributed by atoms with Crippen molar-refractivity contribution in [1.82, 2.24) is 4.90 Å². The van der Waals surface area contributed by atoms with Crippen LogP contribution < -0.4 is 4.74 Å². The Morgan fingerprint density at radius 2 is 1.96 bits per heavy atom. The minimum absolute atomic E-state index is 0.511. The molecule has 6 heteroatoms. The third-order valence-corrected chi connectivity index (χ3v) is 5.51. The molecule has 0 atom stereocenters. The van der Waals surface area contributed by atoms with Crippen molar-refractivity contribution in [2.75, 3.05) is 26.7 Å². The quantitative estimate of drug-likeness (QED) is 0.356. The third-order valence-electron chi connectivity index (χ3n) is 5.20. The van der Waals surface area contributed by atoms with Crippen molar-refractivity contribution in [3.8, 4) is 16.9 Å². The van der Waals surface area contributed by atoms with Crippen LogP contribution in [0.25, 0.3) is 21.6 Å². The molecule has 2 aromatic rings. The Morgan fingerprint density at radius 3 is 2.63 bits per heavy atom. The van der Waals surface area contributed by atoms with Gasteiger partial charge in [-0.3, -0.25) is 4.90 Å². The van der Waals surface area contributed by atoms with E-state index in [2.05, 4.69) is 46.1 Å². The van der Waals surface area contributed by atoms with Gasteiger partial charge in [-0.05, 0) is 68.1 Å². The van der Waals surface area contributed by atoms with Crippen LogP contribution in [0.15, 0.2) is 41.5 Å². The van der Waals surface area contributed by atoms with Crippen molar-refractivity contribution >= 4 is 11.6 Å². The molecule has 1 aliphatic heterocycles. The second-order valence-electron chi connectivity index (χ2n) is 7.15. The highest BCUT2D eigenvalue weighted by Crippen LogP contribution is 2.36. The van der Waals surface area contributed by atoms with E-state index in [0.29, 0.717) is 12.5 Å². The Kier molecular flexibility index (Phi) is 6.62. The summed E-state index contributed by atoms with van der Waals surface area (Å²) in [4.78, 5) is 5.30. The summed E-state index contributed by atoms with van der Waals surface area (Å²) < 4.78 is 5.50. The normalized spacial score (nSPS) is 15.4. The molecular formula is C21H25ClN4O. The first-order valence-electron chi connectivity index (χ1n) is 9.27. The number of hydrogen-bond donors (Lipinski definition) is 0. The predicted octanol–water partition coefficient (Wildman–Crippen LogP) is 5.85. The van der Waals surface area contributed by atoms with E-state index in [1.807, 2.05) is 12.1 Å². The van der Waals surface area contributed by atoms with Gasteiger partial charge in [0, 0.05) is 34.2 Å². The number of methoxy groups -OCH3 is 1. The number of benzene rings is 2. The molecule has 27 heavy (non-hydrogen) atoms. The zero-order chi connectivity index (χ0) is 19.2. The molecule has 0 aromatic heterocycles. The van der Waals surface area contributed by atoms with Crippen LogP contribution in [0, 0.1) is 12.8 Å². The molecule has 1 heterocycles. The monoisotopic (exact) mass is 384 g/mol. The molecule has 0 amide bonds. The molecule has 0 N–H and O–H groups in total. The maximum absolute atomic E-state index is 8.45. The van der Waals surface area contributed by atoms with E-state index >= 15 is 0 Å². The maximum atomic E-state index is 8.45. The summed E-state index contributed by atoms with van der Waals surface area (Å²) >= 11 is 6.62. The van der Waals surface area contributed by atoms with Crippen molar-refractivity contribution in [3.63, 3.8) is 0 Å². The minimum Gasteiger partial charge on any atom is -0.496 e. The van der Waals surface area contributed by atoms with Gasteiger partial charge in [-0.15, -0.1) is 0 Å². The number of nitrogens with zero attached hydrogens (tertiary/aromatic N) is 4. The van der Waals surface area contributed by atoms with Crippen LogP contribution in [0.5, 0.6) is 5.75 Å². The number of azide groups is 1. The fraction of sp³-hybridized carbons (Fsp3) is 0.429. The second-order valence-corrected chi connectivity index (χ2v) is 7.56. The molecule has 142 valence electrons. The highest BCUT2D eigenvalue weighted by molar-refractivity contribution is 6.33. The number of piperidine rings is 1. The van der Waals surface area contributed by atoms with Crippen molar-refractivity contribution in [3.05, 3.63) is 63.0 Å². The lowest BCUT2D eigenvalue weighted by atomic mass is 9.96. The highest BCUT2D eigenvalue weighted by Gasteiger charge is 2.19. The standard InChI is InChI=1S/C21H25ClN4O/c1-15-3-6-21(27-2)19(11-15)18-5-4-17(12-20(18)22)14-26-9-7-16(8-10-26)13-24-25-23/h3-6,11-12,16H,7-10,13-14H2,1-2H3. The van der Waals surface area contributed by atoms with E-state index in [1.54, 1.807) is 7.11 Å². The third kappa shape index (κ3) is 4.95. The van der Waals surface area contributed by atoms with Gasteiger partial charge in [0.1, 0.15) is 5.75 Å². The second kappa shape index (κ2) is 9.14. The molecule has 5 nitrogen and oxygen atoms in total. The molecule has 0 aliphatic carbocycles. The largest absolute Gasteiger partial charge is 0.496 e. The summed E-state index contributed by atoms with van der Waals surface area (Å²) in [5.74, 6) is 1.34. The van der Waals surface area contributed by atoms with E-state index in [-0.39, 0.29) is 0 Å². The fourth-order valence-corrected chi connectivity index (χ4v) is 3.95. The molecule has 3 rings (SSSR count). The van der Waals surface area contributed by atoms with Gasteiger partial charge in [0.25, 0.3) is 0 Å². The number of rotatable bonds is 6. The average Bonchev–Trinajstić information content (AvgIpc) is 2.67. The maximum Gasteiger partial charge on any atom is 0.126 e. The average molecular weight is 385 g/mol. The van der Waals surface area contributed by atoms with Crippen LogP contribution in [0.2, 0.25) is 5.02 Å². The van der Waals surface area contributed by atoms with Crippen LogP contribution >= 0.6 is 11.6 Å². The lowest BCUT2D eigenvalue weighted by Gasteiger charge is -2.31. The van der Waals surface area contributed by atoms with Crippen molar-refractivity contribution < 1.29 is 4.74 Å². The van der Waals surface area contributed by atoms with Gasteiger partial charge in [-0.25, -0.2) is 0 Å². The topological polar surface area (TPSA) is 61.2 Å². The van der Waals surface area contributed by atoms with E-state index in [0.717, 1.165) is 54.4 Å². The van der Waals surface area contributed by atoms with Crippen LogP contribution in [0.3, 0.4) is 0 Å². The molecule has 0 radical (unpaired) electrons.